The summed E-state index contributed by atoms with van der Waals surface area (Å²) in [6, 6.07) is 4.15. The molecule has 0 heterocycles. The molecule has 1 aromatic carbocycles. The van der Waals surface area contributed by atoms with Gasteiger partial charge in [0, 0.05) is 0 Å². The van der Waals surface area contributed by atoms with Crippen molar-refractivity contribution >= 4 is 11.6 Å². The third-order valence-corrected chi connectivity index (χ3v) is 2.00. The van der Waals surface area contributed by atoms with Gasteiger partial charge in [-0.2, -0.15) is 0 Å². The van der Waals surface area contributed by atoms with E-state index in [1.807, 2.05) is 0 Å². The minimum atomic E-state index is -0.781. The van der Waals surface area contributed by atoms with Crippen LogP contribution in [0.4, 0.5) is 4.39 Å². The highest BCUT2D eigenvalue weighted by Crippen LogP contribution is 2.22. The van der Waals surface area contributed by atoms with Crippen LogP contribution in [-0.4, -0.2) is 18.1 Å². The van der Waals surface area contributed by atoms with Crippen molar-refractivity contribution in [3.8, 4) is 5.75 Å². The molecule has 2 nitrogen and oxygen atoms in total. The molecule has 4 heteroatoms. The number of hydrogen-bond acceptors (Lipinski definition) is 2. The lowest BCUT2D eigenvalue weighted by atomic mass is 10.1. The quantitative estimate of drug-likeness (QED) is 0.765. The molecule has 1 atom stereocenters. The first-order valence-corrected chi connectivity index (χ1v) is 4.30. The molecule has 0 saturated heterocycles. The Bertz CT molecular complexity index is 291. The lowest BCUT2D eigenvalue weighted by Crippen LogP contribution is -1.99. The van der Waals surface area contributed by atoms with Crippen LogP contribution in [0.15, 0.2) is 18.2 Å². The van der Waals surface area contributed by atoms with Crippen molar-refractivity contribution in [3.05, 3.63) is 29.6 Å². The van der Waals surface area contributed by atoms with Gasteiger partial charge in [0.25, 0.3) is 0 Å². The fourth-order valence-electron chi connectivity index (χ4n) is 0.973. The van der Waals surface area contributed by atoms with Gasteiger partial charge < -0.3 is 9.84 Å². The number of benzene rings is 1. The van der Waals surface area contributed by atoms with Gasteiger partial charge in [-0.25, -0.2) is 4.39 Å². The van der Waals surface area contributed by atoms with Gasteiger partial charge in [-0.15, -0.1) is 11.6 Å². The Balaban J connectivity index is 2.99. The van der Waals surface area contributed by atoms with E-state index in [0.29, 0.717) is 5.56 Å². The minimum absolute atomic E-state index is 0.0782. The zero-order valence-corrected chi connectivity index (χ0v) is 7.88. The van der Waals surface area contributed by atoms with Crippen LogP contribution in [0.2, 0.25) is 0 Å². The highest BCUT2D eigenvalue weighted by atomic mass is 35.5. The normalized spacial score (nSPS) is 12.6. The highest BCUT2D eigenvalue weighted by molar-refractivity contribution is 6.18. The molecular formula is C9H10ClFO2. The molecule has 0 saturated carbocycles. The van der Waals surface area contributed by atoms with Crippen LogP contribution in [0.3, 0.4) is 0 Å². The fraction of sp³-hybridized carbons (Fsp3) is 0.333. The predicted molar refractivity (Wildman–Crippen MR) is 48.6 cm³/mol. The topological polar surface area (TPSA) is 29.5 Å². The number of rotatable bonds is 3. The van der Waals surface area contributed by atoms with Crippen molar-refractivity contribution in [1.82, 2.24) is 0 Å². The third-order valence-electron chi connectivity index (χ3n) is 1.71. The van der Waals surface area contributed by atoms with E-state index < -0.39 is 11.9 Å². The highest BCUT2D eigenvalue weighted by Gasteiger charge is 2.09. The Morgan fingerprint density at radius 3 is 2.85 bits per heavy atom. The van der Waals surface area contributed by atoms with Crippen LogP contribution in [0.1, 0.15) is 11.7 Å². The largest absolute Gasteiger partial charge is 0.494 e. The smallest absolute Gasteiger partial charge is 0.165 e. The van der Waals surface area contributed by atoms with Crippen LogP contribution >= 0.6 is 11.6 Å². The van der Waals surface area contributed by atoms with Gasteiger partial charge in [-0.3, -0.25) is 0 Å². The SMILES string of the molecule is COc1cc(C(O)CCl)ccc1F. The van der Waals surface area contributed by atoms with E-state index in [2.05, 4.69) is 0 Å². The number of aliphatic hydroxyl groups excluding tert-OH is 1. The molecule has 1 N–H and O–H groups in total. The Hall–Kier alpha value is -0.800. The van der Waals surface area contributed by atoms with E-state index >= 15 is 0 Å². The van der Waals surface area contributed by atoms with E-state index in [-0.39, 0.29) is 11.6 Å². The van der Waals surface area contributed by atoms with Gasteiger partial charge in [0.1, 0.15) is 0 Å². The first-order chi connectivity index (χ1) is 6.19. The van der Waals surface area contributed by atoms with Gasteiger partial charge in [0.2, 0.25) is 0 Å². The second-order valence-electron chi connectivity index (χ2n) is 2.56. The van der Waals surface area contributed by atoms with Crippen molar-refractivity contribution in [2.24, 2.45) is 0 Å². The van der Waals surface area contributed by atoms with E-state index in [1.54, 1.807) is 0 Å². The molecule has 72 valence electrons. The standard InChI is InChI=1S/C9H10ClFO2/c1-13-9-4-6(8(12)5-10)2-3-7(9)11/h2-4,8,12H,5H2,1H3. The average Bonchev–Trinajstić information content (AvgIpc) is 2.17. The maximum atomic E-state index is 12.9. The van der Waals surface area contributed by atoms with Gasteiger partial charge in [0.15, 0.2) is 11.6 Å². The van der Waals surface area contributed by atoms with E-state index in [0.717, 1.165) is 0 Å². The Labute approximate surface area is 80.9 Å². The number of aliphatic hydroxyl groups is 1. The van der Waals surface area contributed by atoms with Crippen molar-refractivity contribution in [2.45, 2.75) is 6.10 Å². The number of ether oxygens (including phenoxy) is 1. The molecule has 0 bridgehead atoms. The van der Waals surface area contributed by atoms with Crippen molar-refractivity contribution in [1.29, 1.82) is 0 Å². The Kier molecular flexibility index (Phi) is 3.51. The summed E-state index contributed by atoms with van der Waals surface area (Å²) in [5.74, 6) is -0.260. The molecule has 1 unspecified atom stereocenters. The fourth-order valence-corrected chi connectivity index (χ4v) is 1.15. The second-order valence-corrected chi connectivity index (χ2v) is 2.87. The molecule has 0 fully saturated rings. The van der Waals surface area contributed by atoms with Crippen molar-refractivity contribution < 1.29 is 14.2 Å². The molecule has 0 aromatic heterocycles. The summed E-state index contributed by atoms with van der Waals surface area (Å²) in [6.45, 7) is 0. The molecule has 0 radical (unpaired) electrons. The third kappa shape index (κ3) is 2.32. The first kappa shape index (κ1) is 10.3. The summed E-state index contributed by atoms with van der Waals surface area (Å²) in [6.07, 6.45) is -0.781. The summed E-state index contributed by atoms with van der Waals surface area (Å²) < 4.78 is 17.6. The maximum absolute atomic E-state index is 12.9. The van der Waals surface area contributed by atoms with Crippen LogP contribution in [0, 0.1) is 5.82 Å². The molecule has 13 heavy (non-hydrogen) atoms. The number of alkyl halides is 1. The molecule has 1 aromatic rings. The van der Waals surface area contributed by atoms with Crippen LogP contribution in [-0.2, 0) is 0 Å². The summed E-state index contributed by atoms with van der Waals surface area (Å²) in [4.78, 5) is 0. The predicted octanol–water partition coefficient (Wildman–Crippen LogP) is 2.11. The Morgan fingerprint density at radius 2 is 2.31 bits per heavy atom. The van der Waals surface area contributed by atoms with Crippen molar-refractivity contribution in [3.63, 3.8) is 0 Å². The molecular weight excluding hydrogens is 195 g/mol. The summed E-state index contributed by atoms with van der Waals surface area (Å²) >= 11 is 5.44. The van der Waals surface area contributed by atoms with E-state index in [9.17, 15) is 9.50 Å². The lowest BCUT2D eigenvalue weighted by Gasteiger charge is -2.09. The zero-order chi connectivity index (χ0) is 9.84. The summed E-state index contributed by atoms with van der Waals surface area (Å²) in [5, 5.41) is 9.33. The van der Waals surface area contributed by atoms with Gasteiger partial charge >= 0.3 is 0 Å². The number of methoxy groups -OCH3 is 1. The number of halogens is 2. The average molecular weight is 205 g/mol. The Morgan fingerprint density at radius 1 is 1.62 bits per heavy atom. The lowest BCUT2D eigenvalue weighted by molar-refractivity contribution is 0.202. The monoisotopic (exact) mass is 204 g/mol. The molecule has 0 aliphatic rings. The van der Waals surface area contributed by atoms with Crippen molar-refractivity contribution in [2.75, 3.05) is 13.0 Å². The second kappa shape index (κ2) is 4.44. The van der Waals surface area contributed by atoms with Gasteiger partial charge in [-0.05, 0) is 17.7 Å². The molecule has 0 aliphatic heterocycles. The van der Waals surface area contributed by atoms with Crippen LogP contribution < -0.4 is 4.74 Å². The summed E-state index contributed by atoms with van der Waals surface area (Å²) in [5.41, 5.74) is 0.549. The van der Waals surface area contributed by atoms with Crippen LogP contribution in [0.5, 0.6) is 5.75 Å². The maximum Gasteiger partial charge on any atom is 0.165 e. The van der Waals surface area contributed by atoms with E-state index in [1.165, 1.54) is 25.3 Å². The molecule has 1 rings (SSSR count). The minimum Gasteiger partial charge on any atom is -0.494 e. The first-order valence-electron chi connectivity index (χ1n) is 3.76. The van der Waals surface area contributed by atoms with E-state index in [4.69, 9.17) is 16.3 Å². The summed E-state index contributed by atoms with van der Waals surface area (Å²) in [7, 11) is 1.37. The van der Waals surface area contributed by atoms with Crippen LogP contribution in [0.25, 0.3) is 0 Å². The van der Waals surface area contributed by atoms with Gasteiger partial charge in [0.05, 0.1) is 19.1 Å². The molecule has 0 amide bonds. The molecule has 0 spiro atoms. The molecule has 0 aliphatic carbocycles. The zero-order valence-electron chi connectivity index (χ0n) is 7.13. The van der Waals surface area contributed by atoms with Gasteiger partial charge in [-0.1, -0.05) is 6.07 Å². The number of hydrogen-bond donors (Lipinski definition) is 1.